The standard InChI is InChI=1S/C12H14F3NO5S/c1-3-22(18,19)16(8-11(17)20-2)9-4-6-10(7-5-9)21-12(13,14)15/h4-7H,3,8H2,1-2H3. The van der Waals surface area contributed by atoms with Gasteiger partial charge in [0.25, 0.3) is 0 Å². The van der Waals surface area contributed by atoms with Gasteiger partial charge >= 0.3 is 12.3 Å². The number of carbonyl (C=O) groups excluding carboxylic acids is 1. The molecule has 0 aromatic heterocycles. The van der Waals surface area contributed by atoms with Crippen molar-refractivity contribution in [2.45, 2.75) is 13.3 Å². The maximum absolute atomic E-state index is 12.1. The number of carbonyl (C=O) groups is 1. The Kier molecular flexibility index (Phi) is 5.64. The zero-order valence-electron chi connectivity index (χ0n) is 11.8. The molecule has 0 unspecified atom stereocenters. The first-order chi connectivity index (χ1) is 10.1. The topological polar surface area (TPSA) is 72.9 Å². The number of alkyl halides is 3. The maximum atomic E-state index is 12.1. The Morgan fingerprint density at radius 1 is 1.23 bits per heavy atom. The number of halogens is 3. The second kappa shape index (κ2) is 6.86. The molecule has 0 saturated heterocycles. The van der Waals surface area contributed by atoms with Gasteiger partial charge in [0.2, 0.25) is 10.0 Å². The predicted molar refractivity (Wildman–Crippen MR) is 71.9 cm³/mol. The number of rotatable bonds is 6. The molecule has 0 aliphatic heterocycles. The van der Waals surface area contributed by atoms with Gasteiger partial charge in [-0.2, -0.15) is 0 Å². The van der Waals surface area contributed by atoms with Crippen LogP contribution in [0.4, 0.5) is 18.9 Å². The highest BCUT2D eigenvalue weighted by atomic mass is 32.2. The minimum absolute atomic E-state index is 0.0294. The molecule has 124 valence electrons. The molecule has 0 radical (unpaired) electrons. The molecule has 0 heterocycles. The summed E-state index contributed by atoms with van der Waals surface area (Å²) in [6, 6.07) is 4.13. The van der Waals surface area contributed by atoms with E-state index in [2.05, 4.69) is 9.47 Å². The van der Waals surface area contributed by atoms with Crippen molar-refractivity contribution in [3.05, 3.63) is 24.3 Å². The second-order valence-corrected chi connectivity index (χ2v) is 6.21. The number of benzene rings is 1. The van der Waals surface area contributed by atoms with Crippen molar-refractivity contribution >= 4 is 21.7 Å². The normalized spacial score (nSPS) is 11.9. The Morgan fingerprint density at radius 3 is 2.18 bits per heavy atom. The van der Waals surface area contributed by atoms with Crippen LogP contribution in [0, 0.1) is 0 Å². The predicted octanol–water partition coefficient (Wildman–Crippen LogP) is 1.91. The molecule has 0 saturated carbocycles. The fourth-order valence-corrected chi connectivity index (χ4v) is 2.56. The van der Waals surface area contributed by atoms with Crippen LogP contribution in [0.25, 0.3) is 0 Å². The molecule has 10 heteroatoms. The van der Waals surface area contributed by atoms with Gasteiger partial charge in [-0.05, 0) is 31.2 Å². The summed E-state index contributed by atoms with van der Waals surface area (Å²) in [7, 11) is -2.70. The molecule has 0 aliphatic rings. The van der Waals surface area contributed by atoms with Crippen molar-refractivity contribution in [2.75, 3.05) is 23.7 Å². The second-order valence-electron chi connectivity index (χ2n) is 4.03. The van der Waals surface area contributed by atoms with Crippen molar-refractivity contribution in [1.29, 1.82) is 0 Å². The molecule has 0 bridgehead atoms. The number of hydrogen-bond acceptors (Lipinski definition) is 5. The van der Waals surface area contributed by atoms with Crippen LogP contribution >= 0.6 is 0 Å². The summed E-state index contributed by atoms with van der Waals surface area (Å²) in [5.41, 5.74) is 0.0294. The van der Waals surface area contributed by atoms with Crippen molar-refractivity contribution < 1.29 is 35.9 Å². The summed E-state index contributed by atoms with van der Waals surface area (Å²) < 4.78 is 69.0. The summed E-state index contributed by atoms with van der Waals surface area (Å²) in [4.78, 5) is 11.3. The number of methoxy groups -OCH3 is 1. The van der Waals surface area contributed by atoms with Gasteiger partial charge in [0.15, 0.2) is 0 Å². The van der Waals surface area contributed by atoms with Crippen LogP contribution in [0.2, 0.25) is 0 Å². The average Bonchev–Trinajstić information content (AvgIpc) is 2.43. The monoisotopic (exact) mass is 341 g/mol. The van der Waals surface area contributed by atoms with Crippen molar-refractivity contribution in [3.63, 3.8) is 0 Å². The lowest BCUT2D eigenvalue weighted by atomic mass is 10.3. The van der Waals surface area contributed by atoms with Gasteiger partial charge < -0.3 is 9.47 Å². The summed E-state index contributed by atoms with van der Waals surface area (Å²) in [6.45, 7) is 0.799. The molecule has 0 fully saturated rings. The Hall–Kier alpha value is -1.97. The summed E-state index contributed by atoms with van der Waals surface area (Å²) in [5.74, 6) is -1.58. The van der Waals surface area contributed by atoms with Gasteiger partial charge in [-0.25, -0.2) is 8.42 Å². The molecule has 6 nitrogen and oxygen atoms in total. The van der Waals surface area contributed by atoms with Crippen molar-refractivity contribution in [1.82, 2.24) is 0 Å². The van der Waals surface area contributed by atoms with Gasteiger partial charge in [0, 0.05) is 0 Å². The molecule has 0 spiro atoms. The van der Waals surface area contributed by atoms with Crippen LogP contribution in [0.15, 0.2) is 24.3 Å². The van der Waals surface area contributed by atoms with Gasteiger partial charge in [0.1, 0.15) is 12.3 Å². The van der Waals surface area contributed by atoms with Gasteiger partial charge in [0.05, 0.1) is 18.6 Å². The van der Waals surface area contributed by atoms with Crippen molar-refractivity contribution in [3.8, 4) is 5.75 Å². The Bertz CT molecular complexity index is 613. The number of anilines is 1. The Labute approximate surface area is 125 Å². The molecule has 0 N–H and O–H groups in total. The first kappa shape index (κ1) is 18.1. The summed E-state index contributed by atoms with van der Waals surface area (Å²) in [5, 5.41) is 0. The summed E-state index contributed by atoms with van der Waals surface area (Å²) >= 11 is 0. The van der Waals surface area contributed by atoms with E-state index in [1.165, 1.54) is 6.92 Å². The van der Waals surface area contributed by atoms with Crippen LogP contribution in [-0.2, 0) is 19.6 Å². The molecular formula is C12H14F3NO5S. The van der Waals surface area contributed by atoms with Crippen LogP contribution in [0.3, 0.4) is 0 Å². The quantitative estimate of drug-likeness (QED) is 0.739. The molecule has 1 aromatic carbocycles. The van der Waals surface area contributed by atoms with Crippen LogP contribution in [-0.4, -0.2) is 40.2 Å². The molecule has 0 atom stereocenters. The highest BCUT2D eigenvalue weighted by molar-refractivity contribution is 7.92. The molecule has 22 heavy (non-hydrogen) atoms. The van der Waals surface area contributed by atoms with E-state index in [9.17, 15) is 26.4 Å². The number of nitrogens with zero attached hydrogens (tertiary/aromatic N) is 1. The van der Waals surface area contributed by atoms with Crippen molar-refractivity contribution in [2.24, 2.45) is 0 Å². The van der Waals surface area contributed by atoms with Crippen LogP contribution in [0.5, 0.6) is 5.75 Å². The van der Waals surface area contributed by atoms with E-state index in [0.717, 1.165) is 35.7 Å². The van der Waals surface area contributed by atoms with E-state index in [0.29, 0.717) is 0 Å². The number of hydrogen-bond donors (Lipinski definition) is 0. The van der Waals surface area contributed by atoms with E-state index in [1.54, 1.807) is 0 Å². The van der Waals surface area contributed by atoms with Crippen LogP contribution < -0.4 is 9.04 Å². The fourth-order valence-electron chi connectivity index (χ4n) is 1.50. The molecule has 0 aliphatic carbocycles. The van der Waals surface area contributed by atoms with Gasteiger partial charge in [-0.3, -0.25) is 9.10 Å². The first-order valence-electron chi connectivity index (χ1n) is 6.02. The zero-order chi connectivity index (χ0) is 17.0. The van der Waals surface area contributed by atoms with E-state index in [4.69, 9.17) is 0 Å². The minimum Gasteiger partial charge on any atom is -0.468 e. The highest BCUT2D eigenvalue weighted by Crippen LogP contribution is 2.26. The third-order valence-electron chi connectivity index (χ3n) is 2.56. The third-order valence-corrected chi connectivity index (χ3v) is 4.30. The Balaban J connectivity index is 3.08. The Morgan fingerprint density at radius 2 is 1.77 bits per heavy atom. The lowest BCUT2D eigenvalue weighted by Crippen LogP contribution is -2.37. The molecular weight excluding hydrogens is 327 g/mol. The minimum atomic E-state index is -4.84. The smallest absolute Gasteiger partial charge is 0.468 e. The zero-order valence-corrected chi connectivity index (χ0v) is 12.6. The fraction of sp³-hybridized carbons (Fsp3) is 0.417. The lowest BCUT2D eigenvalue weighted by Gasteiger charge is -2.22. The number of ether oxygens (including phenoxy) is 2. The SMILES string of the molecule is CCS(=O)(=O)N(CC(=O)OC)c1ccc(OC(F)(F)F)cc1. The van der Waals surface area contributed by atoms with E-state index in [-0.39, 0.29) is 11.4 Å². The van der Waals surface area contributed by atoms with Gasteiger partial charge in [-0.1, -0.05) is 0 Å². The van der Waals surface area contributed by atoms with E-state index in [1.807, 2.05) is 0 Å². The first-order valence-corrected chi connectivity index (χ1v) is 7.63. The van der Waals surface area contributed by atoms with Crippen LogP contribution in [0.1, 0.15) is 6.92 Å². The average molecular weight is 341 g/mol. The third kappa shape index (κ3) is 5.10. The molecule has 1 aromatic rings. The molecule has 1 rings (SSSR count). The highest BCUT2D eigenvalue weighted by Gasteiger charge is 2.31. The molecule has 0 amide bonds. The number of esters is 1. The largest absolute Gasteiger partial charge is 0.573 e. The van der Waals surface area contributed by atoms with E-state index < -0.39 is 34.6 Å². The lowest BCUT2D eigenvalue weighted by molar-refractivity contribution is -0.274. The summed E-state index contributed by atoms with van der Waals surface area (Å²) in [6.07, 6.45) is -4.84. The number of sulfonamides is 1. The van der Waals surface area contributed by atoms with Gasteiger partial charge in [-0.15, -0.1) is 13.2 Å². The van der Waals surface area contributed by atoms with E-state index >= 15 is 0 Å². The maximum Gasteiger partial charge on any atom is 0.573 e.